The van der Waals surface area contributed by atoms with E-state index in [9.17, 15) is 19.2 Å². The molecule has 0 aliphatic heterocycles. The Kier molecular flexibility index (Phi) is 10.4. The fraction of sp³-hybridized carbons (Fsp3) is 0.387. The van der Waals surface area contributed by atoms with Crippen molar-refractivity contribution < 1.29 is 19.2 Å². The number of hydrogen-bond donors (Lipinski definition) is 2. The van der Waals surface area contributed by atoms with Gasteiger partial charge in [0.2, 0.25) is 33.9 Å². The molecule has 1 aliphatic carbocycles. The number of pyridine rings is 1. The first kappa shape index (κ1) is 32.8. The molecule has 1 aromatic carbocycles. The minimum Gasteiger partial charge on any atom is -0.316 e. The van der Waals surface area contributed by atoms with Crippen molar-refractivity contribution in [2.45, 2.75) is 64.2 Å². The van der Waals surface area contributed by atoms with Gasteiger partial charge in [-0.2, -0.15) is 0 Å². The van der Waals surface area contributed by atoms with Gasteiger partial charge < -0.3 is 20.4 Å². The maximum atomic E-state index is 12.7. The number of nitrogens with zero attached hydrogens (tertiary/aromatic N) is 7. The molecule has 3 heterocycles. The van der Waals surface area contributed by atoms with Gasteiger partial charge in [0, 0.05) is 51.2 Å². The zero-order valence-electron chi connectivity index (χ0n) is 26.0. The largest absolute Gasteiger partial charge is 0.316 e. The molecule has 0 unspecified atom stereocenters. The second kappa shape index (κ2) is 14.6. The van der Waals surface area contributed by atoms with E-state index < -0.39 is 0 Å². The molecule has 2 atom stereocenters. The SMILES string of the molecule is CC(=O)N(C)c1ccc(CC(=O)Nc2nnc([C@H]3CCC[C@H](c4nnc(NC(=O)Cc5ccc(N(C)C(C)=O)cn5)s4)C3)s2)cc1. The molecule has 5 rings (SSSR count). The predicted molar refractivity (Wildman–Crippen MR) is 177 cm³/mol. The topological polar surface area (TPSA) is 163 Å². The summed E-state index contributed by atoms with van der Waals surface area (Å²) in [5.41, 5.74) is 2.83. The summed E-state index contributed by atoms with van der Waals surface area (Å²) in [7, 11) is 3.37. The van der Waals surface area contributed by atoms with Gasteiger partial charge in [-0.05, 0) is 49.1 Å². The Bertz CT molecular complexity index is 1580. The Hall–Kier alpha value is -4.63. The number of aromatic nitrogens is 5. The molecule has 4 amide bonds. The van der Waals surface area contributed by atoms with E-state index in [-0.39, 0.29) is 48.3 Å². The molecule has 0 spiro atoms. The molecule has 3 aromatic heterocycles. The highest BCUT2D eigenvalue weighted by Crippen LogP contribution is 2.43. The number of nitrogens with one attached hydrogen (secondary N) is 2. The van der Waals surface area contributed by atoms with E-state index >= 15 is 0 Å². The van der Waals surface area contributed by atoms with Crippen LogP contribution in [0.25, 0.3) is 0 Å². The van der Waals surface area contributed by atoms with Gasteiger partial charge in [0.25, 0.3) is 0 Å². The van der Waals surface area contributed by atoms with Crippen molar-refractivity contribution in [1.29, 1.82) is 0 Å². The molecular formula is C31H35N9O4S2. The number of benzene rings is 1. The lowest BCUT2D eigenvalue weighted by Crippen LogP contribution is -2.23. The Balaban J connectivity index is 1.11. The molecule has 1 fully saturated rings. The Morgan fingerprint density at radius 1 is 0.739 bits per heavy atom. The molecule has 0 saturated heterocycles. The maximum Gasteiger partial charge on any atom is 0.232 e. The normalized spacial score (nSPS) is 16.0. The Morgan fingerprint density at radius 2 is 1.26 bits per heavy atom. The highest BCUT2D eigenvalue weighted by molar-refractivity contribution is 7.15. The number of carbonyl (C=O) groups is 4. The highest BCUT2D eigenvalue weighted by Gasteiger charge is 2.29. The van der Waals surface area contributed by atoms with Crippen LogP contribution in [0.2, 0.25) is 0 Å². The van der Waals surface area contributed by atoms with Gasteiger partial charge in [0.05, 0.1) is 24.7 Å². The van der Waals surface area contributed by atoms with Crippen molar-refractivity contribution >= 4 is 67.9 Å². The molecule has 0 bridgehead atoms. The van der Waals surface area contributed by atoms with Crippen LogP contribution >= 0.6 is 22.7 Å². The van der Waals surface area contributed by atoms with Crippen LogP contribution in [0, 0.1) is 0 Å². The highest BCUT2D eigenvalue weighted by atomic mass is 32.1. The first-order valence-electron chi connectivity index (χ1n) is 14.8. The smallest absolute Gasteiger partial charge is 0.232 e. The van der Waals surface area contributed by atoms with E-state index in [1.54, 1.807) is 37.3 Å². The number of amides is 4. The Morgan fingerprint density at radius 3 is 1.78 bits per heavy atom. The quantitative estimate of drug-likeness (QED) is 0.248. The summed E-state index contributed by atoms with van der Waals surface area (Å²) in [5.74, 6) is -0.227. The standard InChI is InChI=1S/C31H35N9O4S2/c1-18(41)39(3)24-11-8-20(9-12-24)14-26(43)33-30-37-35-28(45-30)21-6-5-7-22(15-21)29-36-38-31(46-29)34-27(44)16-23-10-13-25(17-32-23)40(4)19(2)42/h8-13,17,21-22H,5-7,14-16H2,1-4H3,(H,33,37,43)(H,34,38,44)/t21-,22-/m0/s1. The number of hydrogen-bond acceptors (Lipinski definition) is 11. The Labute approximate surface area is 274 Å². The van der Waals surface area contributed by atoms with Crippen LogP contribution in [0.1, 0.15) is 72.6 Å². The summed E-state index contributed by atoms with van der Waals surface area (Å²) in [5, 5.41) is 25.5. The third kappa shape index (κ3) is 8.34. The monoisotopic (exact) mass is 661 g/mol. The zero-order chi connectivity index (χ0) is 32.8. The van der Waals surface area contributed by atoms with Crippen LogP contribution < -0.4 is 20.4 Å². The second-order valence-electron chi connectivity index (χ2n) is 11.2. The zero-order valence-corrected chi connectivity index (χ0v) is 27.7. The average Bonchev–Trinajstić information content (AvgIpc) is 3.71. The van der Waals surface area contributed by atoms with E-state index in [4.69, 9.17) is 0 Å². The summed E-state index contributed by atoms with van der Waals surface area (Å²) in [4.78, 5) is 55.7. The van der Waals surface area contributed by atoms with Gasteiger partial charge in [-0.3, -0.25) is 24.2 Å². The van der Waals surface area contributed by atoms with Crippen LogP contribution in [-0.4, -0.2) is 63.1 Å². The van der Waals surface area contributed by atoms with Crippen molar-refractivity contribution in [1.82, 2.24) is 25.4 Å². The third-order valence-corrected chi connectivity index (χ3v) is 9.92. The summed E-state index contributed by atoms with van der Waals surface area (Å²) >= 11 is 2.77. The molecule has 0 radical (unpaired) electrons. The van der Waals surface area contributed by atoms with Gasteiger partial charge in [0.1, 0.15) is 10.0 Å². The van der Waals surface area contributed by atoms with Crippen molar-refractivity contribution in [3.8, 4) is 0 Å². The van der Waals surface area contributed by atoms with E-state index in [1.165, 1.54) is 41.4 Å². The lowest BCUT2D eigenvalue weighted by Gasteiger charge is -2.25. The van der Waals surface area contributed by atoms with E-state index in [2.05, 4.69) is 36.0 Å². The average molecular weight is 662 g/mol. The van der Waals surface area contributed by atoms with Gasteiger partial charge in [-0.15, -0.1) is 20.4 Å². The summed E-state index contributed by atoms with van der Waals surface area (Å²) in [6.45, 7) is 2.97. The number of carbonyl (C=O) groups excluding carboxylic acids is 4. The van der Waals surface area contributed by atoms with Crippen LogP contribution in [-0.2, 0) is 32.0 Å². The molecule has 1 aliphatic rings. The fourth-order valence-corrected chi connectivity index (χ4v) is 6.95. The van der Waals surface area contributed by atoms with Gasteiger partial charge in [-0.1, -0.05) is 41.2 Å². The van der Waals surface area contributed by atoms with Crippen molar-refractivity contribution in [2.24, 2.45) is 0 Å². The van der Waals surface area contributed by atoms with Crippen LogP contribution in [0.4, 0.5) is 21.6 Å². The lowest BCUT2D eigenvalue weighted by molar-refractivity contribution is -0.117. The van der Waals surface area contributed by atoms with Crippen molar-refractivity contribution in [3.05, 3.63) is 63.9 Å². The molecular weight excluding hydrogens is 627 g/mol. The third-order valence-electron chi connectivity index (χ3n) is 7.92. The second-order valence-corrected chi connectivity index (χ2v) is 13.2. The van der Waals surface area contributed by atoms with Crippen molar-refractivity contribution in [2.75, 3.05) is 34.5 Å². The molecule has 13 nitrogen and oxygen atoms in total. The molecule has 240 valence electrons. The minimum atomic E-state index is -0.245. The van der Waals surface area contributed by atoms with Crippen LogP contribution in [0.5, 0.6) is 0 Å². The predicted octanol–water partition coefficient (Wildman–Crippen LogP) is 4.55. The van der Waals surface area contributed by atoms with Crippen molar-refractivity contribution in [3.63, 3.8) is 0 Å². The molecule has 4 aromatic rings. The minimum absolute atomic E-state index is 0.0624. The van der Waals surface area contributed by atoms with Gasteiger partial charge >= 0.3 is 0 Å². The molecule has 15 heteroatoms. The fourth-order valence-electron chi connectivity index (χ4n) is 5.14. The maximum absolute atomic E-state index is 12.7. The van der Waals surface area contributed by atoms with Gasteiger partial charge in [-0.25, -0.2) is 0 Å². The van der Waals surface area contributed by atoms with Crippen LogP contribution in [0.15, 0.2) is 42.6 Å². The molecule has 46 heavy (non-hydrogen) atoms. The first-order chi connectivity index (χ1) is 22.0. The molecule has 2 N–H and O–H groups in total. The van der Waals surface area contributed by atoms with E-state index in [0.29, 0.717) is 21.6 Å². The number of rotatable bonds is 10. The van der Waals surface area contributed by atoms with Crippen LogP contribution in [0.3, 0.4) is 0 Å². The first-order valence-corrected chi connectivity index (χ1v) is 16.5. The van der Waals surface area contributed by atoms with E-state index in [1.807, 2.05) is 24.3 Å². The van der Waals surface area contributed by atoms with E-state index in [0.717, 1.165) is 46.9 Å². The van der Waals surface area contributed by atoms with Gasteiger partial charge in [0.15, 0.2) is 0 Å². The summed E-state index contributed by atoms with van der Waals surface area (Å²) in [6.07, 6.45) is 5.58. The lowest BCUT2D eigenvalue weighted by atomic mass is 9.82. The molecule has 1 saturated carbocycles. The summed E-state index contributed by atoms with van der Waals surface area (Å²) < 4.78 is 0. The summed E-state index contributed by atoms with van der Waals surface area (Å²) in [6, 6.07) is 10.8. The number of anilines is 4.